The predicted octanol–water partition coefficient (Wildman–Crippen LogP) is 2.65. The summed E-state index contributed by atoms with van der Waals surface area (Å²) in [6.07, 6.45) is 2.24. The Morgan fingerprint density at radius 1 is 1.21 bits per heavy atom. The van der Waals surface area contributed by atoms with Crippen LogP contribution in [-0.4, -0.2) is 20.0 Å². The van der Waals surface area contributed by atoms with Gasteiger partial charge in [-0.3, -0.25) is 0 Å². The van der Waals surface area contributed by atoms with E-state index in [0.717, 1.165) is 30.5 Å². The molecule has 0 saturated carbocycles. The molecule has 2 N–H and O–H groups in total. The zero-order chi connectivity index (χ0) is 14.7. The average molecular weight is 295 g/mol. The molecule has 1 atom stereocenters. The molecule has 0 heterocycles. The summed E-state index contributed by atoms with van der Waals surface area (Å²) < 4.78 is 59.2. The molecule has 7 heteroatoms. The Morgan fingerprint density at radius 3 is 2.16 bits per heavy atom. The van der Waals surface area contributed by atoms with Crippen LogP contribution >= 0.6 is 0 Å². The number of alkyl halides is 3. The van der Waals surface area contributed by atoms with Gasteiger partial charge in [0.2, 0.25) is 0 Å². The van der Waals surface area contributed by atoms with Gasteiger partial charge in [0.15, 0.2) is 0 Å². The van der Waals surface area contributed by atoms with E-state index in [1.807, 2.05) is 6.92 Å². The molecule has 108 valence electrons. The Morgan fingerprint density at radius 2 is 1.74 bits per heavy atom. The number of rotatable bonds is 5. The van der Waals surface area contributed by atoms with Gasteiger partial charge in [-0.15, -0.1) is 0 Å². The molecule has 0 aliphatic heterocycles. The van der Waals surface area contributed by atoms with Crippen molar-refractivity contribution in [3.05, 3.63) is 29.8 Å². The highest BCUT2D eigenvalue weighted by Crippen LogP contribution is 2.30. The van der Waals surface area contributed by atoms with Gasteiger partial charge in [0, 0.05) is 6.04 Å². The van der Waals surface area contributed by atoms with E-state index >= 15 is 0 Å². The molecule has 0 amide bonds. The van der Waals surface area contributed by atoms with Crippen molar-refractivity contribution in [2.24, 2.45) is 5.73 Å². The maximum atomic E-state index is 12.3. The summed E-state index contributed by atoms with van der Waals surface area (Å²) in [6.45, 7) is 1.98. The number of benzene rings is 1. The predicted molar refractivity (Wildman–Crippen MR) is 66.3 cm³/mol. The summed E-state index contributed by atoms with van der Waals surface area (Å²) in [7, 11) is -5.26. The Hall–Kier alpha value is -1.08. The fraction of sp³-hybridized carbons (Fsp3) is 0.500. The molecule has 3 nitrogen and oxygen atoms in total. The Balaban J connectivity index is 2.89. The van der Waals surface area contributed by atoms with Gasteiger partial charge in [-0.05, 0) is 30.5 Å². The van der Waals surface area contributed by atoms with Crippen molar-refractivity contribution in [1.82, 2.24) is 0 Å². The quantitative estimate of drug-likeness (QED) is 0.908. The second-order valence-corrected chi connectivity index (χ2v) is 6.29. The van der Waals surface area contributed by atoms with Crippen molar-refractivity contribution >= 4 is 9.84 Å². The van der Waals surface area contributed by atoms with Crippen LogP contribution in [-0.2, 0) is 16.3 Å². The number of sulfone groups is 1. The van der Waals surface area contributed by atoms with Crippen LogP contribution in [0.15, 0.2) is 29.2 Å². The molecule has 0 aliphatic rings. The topological polar surface area (TPSA) is 60.2 Å². The Bertz CT molecular complexity index is 509. The fourth-order valence-corrected chi connectivity index (χ4v) is 2.48. The van der Waals surface area contributed by atoms with E-state index in [2.05, 4.69) is 0 Å². The van der Waals surface area contributed by atoms with Crippen molar-refractivity contribution in [2.75, 3.05) is 0 Å². The van der Waals surface area contributed by atoms with E-state index in [1.54, 1.807) is 0 Å². The largest absolute Gasteiger partial charge is 0.501 e. The van der Waals surface area contributed by atoms with Gasteiger partial charge in [-0.2, -0.15) is 13.2 Å². The summed E-state index contributed by atoms with van der Waals surface area (Å²) in [5, 5.41) is 0. The minimum absolute atomic E-state index is 0.0740. The first-order chi connectivity index (χ1) is 8.68. The lowest BCUT2D eigenvalue weighted by Crippen LogP contribution is -2.24. The van der Waals surface area contributed by atoms with Crippen LogP contribution in [0.2, 0.25) is 0 Å². The monoisotopic (exact) mass is 295 g/mol. The number of nitrogens with two attached hydrogens (primary N) is 1. The maximum absolute atomic E-state index is 12.3. The van der Waals surface area contributed by atoms with Crippen molar-refractivity contribution in [1.29, 1.82) is 0 Å². The second-order valence-electron chi connectivity index (χ2n) is 4.35. The molecule has 0 spiro atoms. The van der Waals surface area contributed by atoms with E-state index in [9.17, 15) is 21.6 Å². The third-order valence-electron chi connectivity index (χ3n) is 2.70. The lowest BCUT2D eigenvalue weighted by atomic mass is 10.0. The molecule has 1 rings (SSSR count). The van der Waals surface area contributed by atoms with E-state index in [4.69, 9.17) is 5.73 Å². The molecule has 1 unspecified atom stereocenters. The maximum Gasteiger partial charge on any atom is 0.501 e. The smallest absolute Gasteiger partial charge is 0.327 e. The lowest BCUT2D eigenvalue weighted by molar-refractivity contribution is -0.0436. The molecule has 0 saturated heterocycles. The average Bonchev–Trinajstić information content (AvgIpc) is 2.28. The molecule has 1 aromatic carbocycles. The van der Waals surface area contributed by atoms with Crippen LogP contribution in [0.25, 0.3) is 0 Å². The highest BCUT2D eigenvalue weighted by molar-refractivity contribution is 7.92. The molecule has 1 aromatic rings. The third kappa shape index (κ3) is 3.94. The van der Waals surface area contributed by atoms with Gasteiger partial charge in [0.25, 0.3) is 9.84 Å². The SMILES string of the molecule is CCCC(N)Cc1ccc(S(=O)(=O)C(F)(F)F)cc1. The number of hydrogen-bond acceptors (Lipinski definition) is 3. The number of halogens is 3. The van der Waals surface area contributed by atoms with Crippen LogP contribution < -0.4 is 5.73 Å². The van der Waals surface area contributed by atoms with E-state index < -0.39 is 20.2 Å². The lowest BCUT2D eigenvalue weighted by Gasteiger charge is -2.11. The minimum atomic E-state index is -5.27. The minimum Gasteiger partial charge on any atom is -0.327 e. The Kier molecular flexibility index (Phi) is 4.98. The molecule has 0 aliphatic carbocycles. The van der Waals surface area contributed by atoms with E-state index in [1.165, 1.54) is 12.1 Å². The second kappa shape index (κ2) is 5.92. The summed E-state index contributed by atoms with van der Waals surface area (Å²) >= 11 is 0. The first kappa shape index (κ1) is 16.0. The first-order valence-electron chi connectivity index (χ1n) is 5.84. The summed E-state index contributed by atoms with van der Waals surface area (Å²) in [6, 6.07) is 4.60. The summed E-state index contributed by atoms with van der Waals surface area (Å²) in [4.78, 5) is -0.743. The Labute approximate surface area is 110 Å². The molecule has 0 bridgehead atoms. The highest BCUT2D eigenvalue weighted by atomic mass is 32.2. The van der Waals surface area contributed by atoms with Crippen molar-refractivity contribution < 1.29 is 21.6 Å². The van der Waals surface area contributed by atoms with Crippen LogP contribution in [0, 0.1) is 0 Å². The first-order valence-corrected chi connectivity index (χ1v) is 7.32. The molecular formula is C12H16F3NO2S. The van der Waals surface area contributed by atoms with E-state index in [0.29, 0.717) is 6.42 Å². The van der Waals surface area contributed by atoms with Crippen LogP contribution in [0.5, 0.6) is 0 Å². The van der Waals surface area contributed by atoms with Gasteiger partial charge >= 0.3 is 5.51 Å². The van der Waals surface area contributed by atoms with E-state index in [-0.39, 0.29) is 6.04 Å². The molecule has 0 radical (unpaired) electrons. The van der Waals surface area contributed by atoms with Gasteiger partial charge in [-0.1, -0.05) is 25.5 Å². The number of hydrogen-bond donors (Lipinski definition) is 1. The van der Waals surface area contributed by atoms with Crippen LogP contribution in [0.4, 0.5) is 13.2 Å². The standard InChI is InChI=1S/C12H16F3NO2S/c1-2-3-10(16)8-9-4-6-11(7-5-9)19(17,18)12(13,14)15/h4-7,10H,2-3,8,16H2,1H3. The van der Waals surface area contributed by atoms with Crippen LogP contribution in [0.3, 0.4) is 0 Å². The zero-order valence-corrected chi connectivity index (χ0v) is 11.3. The molecule has 0 fully saturated rings. The third-order valence-corrected chi connectivity index (χ3v) is 4.20. The van der Waals surface area contributed by atoms with Crippen molar-refractivity contribution in [2.45, 2.75) is 42.6 Å². The molecular weight excluding hydrogens is 279 g/mol. The summed E-state index contributed by atoms with van der Waals surface area (Å²) in [5.41, 5.74) is 1.26. The normalized spacial score (nSPS) is 14.4. The zero-order valence-electron chi connectivity index (χ0n) is 10.4. The van der Waals surface area contributed by atoms with Gasteiger partial charge in [0.1, 0.15) is 0 Å². The van der Waals surface area contributed by atoms with Crippen molar-refractivity contribution in [3.8, 4) is 0 Å². The van der Waals surface area contributed by atoms with Gasteiger partial charge < -0.3 is 5.73 Å². The van der Waals surface area contributed by atoms with Gasteiger partial charge in [-0.25, -0.2) is 8.42 Å². The molecule has 0 aromatic heterocycles. The van der Waals surface area contributed by atoms with Crippen molar-refractivity contribution in [3.63, 3.8) is 0 Å². The van der Waals surface area contributed by atoms with Gasteiger partial charge in [0.05, 0.1) is 4.90 Å². The molecule has 19 heavy (non-hydrogen) atoms. The van der Waals surface area contributed by atoms with Crippen LogP contribution in [0.1, 0.15) is 25.3 Å². The summed E-state index contributed by atoms with van der Waals surface area (Å²) in [5.74, 6) is 0. The highest BCUT2D eigenvalue weighted by Gasteiger charge is 2.46. The fourth-order valence-electron chi connectivity index (χ4n) is 1.71.